The number of nitrogens with zero attached hydrogens (tertiary/aromatic N) is 2. The molecule has 3 rings (SSSR count). The number of hydrogen-bond acceptors (Lipinski definition) is 3. The van der Waals surface area contributed by atoms with Crippen LogP contribution in [-0.4, -0.2) is 60.6 Å². The van der Waals surface area contributed by atoms with Crippen molar-refractivity contribution in [3.8, 4) is 0 Å². The van der Waals surface area contributed by atoms with Gasteiger partial charge in [0.2, 0.25) is 0 Å². The van der Waals surface area contributed by atoms with Gasteiger partial charge in [0.05, 0.1) is 5.60 Å². The molecule has 0 aliphatic carbocycles. The van der Waals surface area contributed by atoms with Crippen molar-refractivity contribution in [1.82, 2.24) is 9.80 Å². The molecular formula is C18H24FN3O3. The second-order valence-corrected chi connectivity index (χ2v) is 6.98. The molecule has 2 aliphatic heterocycles. The van der Waals surface area contributed by atoms with Gasteiger partial charge in [0.25, 0.3) is 5.91 Å². The van der Waals surface area contributed by atoms with Gasteiger partial charge >= 0.3 is 6.03 Å². The number of halogens is 1. The summed E-state index contributed by atoms with van der Waals surface area (Å²) >= 11 is 0. The van der Waals surface area contributed by atoms with Crippen molar-refractivity contribution in [2.45, 2.75) is 37.4 Å². The summed E-state index contributed by atoms with van der Waals surface area (Å²) in [4.78, 5) is 27.7. The number of likely N-dealkylation sites (tertiary alicyclic amines) is 1. The zero-order valence-corrected chi connectivity index (χ0v) is 14.6. The third-order valence-corrected chi connectivity index (χ3v) is 5.03. The van der Waals surface area contributed by atoms with Crippen LogP contribution in [0.15, 0.2) is 24.3 Å². The van der Waals surface area contributed by atoms with E-state index < -0.39 is 0 Å². The number of carbonyl (C=O) groups excluding carboxylic acids is 2. The van der Waals surface area contributed by atoms with E-state index in [4.69, 9.17) is 4.74 Å². The summed E-state index contributed by atoms with van der Waals surface area (Å²) in [6, 6.07) is 5.51. The first kappa shape index (κ1) is 17.7. The predicted octanol–water partition coefficient (Wildman–Crippen LogP) is 2.46. The van der Waals surface area contributed by atoms with E-state index in [-0.39, 0.29) is 29.5 Å². The molecule has 0 radical (unpaired) electrons. The Morgan fingerprint density at radius 1 is 1.20 bits per heavy atom. The van der Waals surface area contributed by atoms with Gasteiger partial charge in [0.1, 0.15) is 11.9 Å². The first-order valence-electron chi connectivity index (χ1n) is 8.59. The van der Waals surface area contributed by atoms with E-state index in [1.54, 1.807) is 23.9 Å². The average Bonchev–Trinajstić information content (AvgIpc) is 3.00. The van der Waals surface area contributed by atoms with Crippen molar-refractivity contribution in [2.24, 2.45) is 0 Å². The molecule has 6 nitrogen and oxygen atoms in total. The van der Waals surface area contributed by atoms with Crippen LogP contribution in [0.1, 0.15) is 25.7 Å². The molecule has 0 saturated carbocycles. The van der Waals surface area contributed by atoms with Gasteiger partial charge in [-0.25, -0.2) is 9.18 Å². The number of anilines is 1. The van der Waals surface area contributed by atoms with Gasteiger partial charge in [-0.05, 0) is 49.9 Å². The van der Waals surface area contributed by atoms with Crippen LogP contribution in [0, 0.1) is 5.82 Å². The molecular weight excluding hydrogens is 325 g/mol. The van der Waals surface area contributed by atoms with Gasteiger partial charge < -0.3 is 19.9 Å². The Labute approximate surface area is 146 Å². The number of ether oxygens (including phenoxy) is 1. The van der Waals surface area contributed by atoms with Crippen LogP contribution in [-0.2, 0) is 9.53 Å². The molecule has 136 valence electrons. The molecule has 1 aromatic carbocycles. The number of piperidine rings is 1. The predicted molar refractivity (Wildman–Crippen MR) is 91.8 cm³/mol. The monoisotopic (exact) mass is 349 g/mol. The number of amides is 3. The minimum atomic E-state index is -0.366. The molecule has 1 aromatic rings. The van der Waals surface area contributed by atoms with Crippen molar-refractivity contribution in [2.75, 3.05) is 32.5 Å². The van der Waals surface area contributed by atoms with E-state index in [1.165, 1.54) is 24.3 Å². The largest absolute Gasteiger partial charge is 0.362 e. The Balaban J connectivity index is 1.52. The lowest BCUT2D eigenvalue weighted by Crippen LogP contribution is -2.48. The SMILES string of the molecule is CN(C)C(=O)[C@@H]1CCC2(CCN(C(=O)Nc3ccc(F)cc3)CC2)O1. The van der Waals surface area contributed by atoms with Crippen LogP contribution in [0.4, 0.5) is 14.9 Å². The van der Waals surface area contributed by atoms with Crippen molar-refractivity contribution >= 4 is 17.6 Å². The van der Waals surface area contributed by atoms with Crippen molar-refractivity contribution in [3.63, 3.8) is 0 Å². The van der Waals surface area contributed by atoms with Crippen molar-refractivity contribution in [3.05, 3.63) is 30.1 Å². The van der Waals surface area contributed by atoms with Crippen LogP contribution in [0.3, 0.4) is 0 Å². The normalized spacial score (nSPS) is 22.0. The van der Waals surface area contributed by atoms with E-state index in [0.29, 0.717) is 18.8 Å². The smallest absolute Gasteiger partial charge is 0.321 e. The van der Waals surface area contributed by atoms with E-state index in [9.17, 15) is 14.0 Å². The summed E-state index contributed by atoms with van der Waals surface area (Å²) < 4.78 is 19.0. The Morgan fingerprint density at radius 2 is 1.84 bits per heavy atom. The zero-order chi connectivity index (χ0) is 18.0. The third-order valence-electron chi connectivity index (χ3n) is 5.03. The van der Waals surface area contributed by atoms with Gasteiger partial charge in [-0.1, -0.05) is 0 Å². The van der Waals surface area contributed by atoms with Crippen LogP contribution in [0.2, 0.25) is 0 Å². The highest BCUT2D eigenvalue weighted by Gasteiger charge is 2.45. The van der Waals surface area contributed by atoms with Crippen LogP contribution >= 0.6 is 0 Å². The van der Waals surface area contributed by atoms with Crippen LogP contribution < -0.4 is 5.32 Å². The second kappa shape index (κ2) is 7.00. The molecule has 2 fully saturated rings. The molecule has 0 bridgehead atoms. The number of carbonyl (C=O) groups is 2. The lowest BCUT2D eigenvalue weighted by Gasteiger charge is -2.39. The zero-order valence-electron chi connectivity index (χ0n) is 14.6. The average molecular weight is 349 g/mol. The maximum atomic E-state index is 12.9. The lowest BCUT2D eigenvalue weighted by atomic mass is 9.88. The Bertz CT molecular complexity index is 639. The first-order chi connectivity index (χ1) is 11.9. The minimum Gasteiger partial charge on any atom is -0.362 e. The van der Waals surface area contributed by atoms with E-state index in [2.05, 4.69) is 5.32 Å². The number of hydrogen-bond donors (Lipinski definition) is 1. The maximum Gasteiger partial charge on any atom is 0.321 e. The molecule has 7 heteroatoms. The number of benzene rings is 1. The molecule has 2 aliphatic rings. The van der Waals surface area contributed by atoms with Crippen molar-refractivity contribution < 1.29 is 18.7 Å². The topological polar surface area (TPSA) is 61.9 Å². The molecule has 0 unspecified atom stereocenters. The van der Waals surface area contributed by atoms with Crippen molar-refractivity contribution in [1.29, 1.82) is 0 Å². The summed E-state index contributed by atoms with van der Waals surface area (Å²) in [6.45, 7) is 1.16. The van der Waals surface area contributed by atoms with Gasteiger partial charge in [-0.15, -0.1) is 0 Å². The summed E-state index contributed by atoms with van der Waals surface area (Å²) in [7, 11) is 3.47. The highest BCUT2D eigenvalue weighted by atomic mass is 19.1. The molecule has 2 saturated heterocycles. The molecule has 2 heterocycles. The van der Waals surface area contributed by atoms with Gasteiger partial charge in [0.15, 0.2) is 0 Å². The minimum absolute atomic E-state index is 0.00774. The fraction of sp³-hybridized carbons (Fsp3) is 0.556. The maximum absolute atomic E-state index is 12.9. The third kappa shape index (κ3) is 3.92. The summed E-state index contributed by atoms with van der Waals surface area (Å²) in [5.41, 5.74) is 0.281. The fourth-order valence-electron chi connectivity index (χ4n) is 3.50. The standard InChI is InChI=1S/C18H24FN3O3/c1-21(2)16(23)15-7-8-18(25-15)9-11-22(12-10-18)17(24)20-14-5-3-13(19)4-6-14/h3-6,15H,7-12H2,1-2H3,(H,20,24)/t15-/m0/s1. The number of urea groups is 1. The second-order valence-electron chi connectivity index (χ2n) is 6.98. The quantitative estimate of drug-likeness (QED) is 0.892. The molecule has 1 atom stereocenters. The summed E-state index contributed by atoms with van der Waals surface area (Å²) in [5, 5.41) is 2.78. The van der Waals surface area contributed by atoms with Gasteiger partial charge in [-0.3, -0.25) is 4.79 Å². The molecule has 3 amide bonds. The molecule has 25 heavy (non-hydrogen) atoms. The summed E-state index contributed by atoms with van der Waals surface area (Å²) in [5.74, 6) is -0.327. The van der Waals surface area contributed by atoms with E-state index in [1.807, 2.05) is 0 Å². The molecule has 0 aromatic heterocycles. The highest BCUT2D eigenvalue weighted by molar-refractivity contribution is 5.89. The Morgan fingerprint density at radius 3 is 2.44 bits per heavy atom. The Kier molecular flexibility index (Phi) is 4.94. The fourth-order valence-corrected chi connectivity index (χ4v) is 3.50. The molecule has 1 N–H and O–H groups in total. The lowest BCUT2D eigenvalue weighted by molar-refractivity contribution is -0.148. The van der Waals surface area contributed by atoms with E-state index in [0.717, 1.165) is 25.7 Å². The molecule has 1 spiro atoms. The number of nitrogens with one attached hydrogen (secondary N) is 1. The number of likely N-dealkylation sites (N-methyl/N-ethyl adjacent to an activating group) is 1. The van der Waals surface area contributed by atoms with Gasteiger partial charge in [0, 0.05) is 32.9 Å². The first-order valence-corrected chi connectivity index (χ1v) is 8.59. The number of rotatable bonds is 2. The van der Waals surface area contributed by atoms with E-state index >= 15 is 0 Å². The summed E-state index contributed by atoms with van der Waals surface area (Å²) in [6.07, 6.45) is 2.67. The Hall–Kier alpha value is -2.15. The van der Waals surface area contributed by atoms with Gasteiger partial charge in [-0.2, -0.15) is 0 Å². The van der Waals surface area contributed by atoms with Crippen LogP contribution in [0.25, 0.3) is 0 Å². The highest BCUT2D eigenvalue weighted by Crippen LogP contribution is 2.39. The van der Waals surface area contributed by atoms with Crippen LogP contribution in [0.5, 0.6) is 0 Å².